The van der Waals surface area contributed by atoms with Gasteiger partial charge in [-0.2, -0.15) is 15.5 Å². The van der Waals surface area contributed by atoms with E-state index in [2.05, 4.69) is 73.5 Å². The van der Waals surface area contributed by atoms with Crippen LogP contribution in [0.2, 0.25) is 5.02 Å². The van der Waals surface area contributed by atoms with Crippen LogP contribution in [0, 0.1) is 22.2 Å². The third kappa shape index (κ3) is 8.02. The minimum Gasteiger partial charge on any atom is -0.489 e. The second-order valence-electron chi connectivity index (χ2n) is 20.3. The summed E-state index contributed by atoms with van der Waals surface area (Å²) in [5.41, 5.74) is 5.02. The molecule has 356 valence electrons. The molecule has 4 aliphatic heterocycles. The van der Waals surface area contributed by atoms with Crippen molar-refractivity contribution in [2.24, 2.45) is 17.9 Å². The lowest BCUT2D eigenvalue weighted by molar-refractivity contribution is -0.164. The molecule has 10 rings (SSSR count). The molecule has 0 bridgehead atoms. The molecule has 0 radical (unpaired) electrons. The zero-order valence-electron chi connectivity index (χ0n) is 39.3. The number of alkyl halides is 2. The average molecular weight is 948 g/mol. The van der Waals surface area contributed by atoms with Crippen molar-refractivity contribution in [3.8, 4) is 22.9 Å². The number of halogens is 3. The van der Waals surface area contributed by atoms with Gasteiger partial charge in [0.05, 0.1) is 34.9 Å². The van der Waals surface area contributed by atoms with E-state index >= 15 is 0 Å². The van der Waals surface area contributed by atoms with E-state index in [-0.39, 0.29) is 35.6 Å². The van der Waals surface area contributed by atoms with Crippen molar-refractivity contribution in [1.82, 2.24) is 44.6 Å². The van der Waals surface area contributed by atoms with Gasteiger partial charge >= 0.3 is 0 Å². The first-order valence-corrected chi connectivity index (χ1v) is 23.9. The summed E-state index contributed by atoms with van der Waals surface area (Å²) in [7, 11) is 1.78. The molecule has 3 fully saturated rings. The van der Waals surface area contributed by atoms with E-state index in [4.69, 9.17) is 21.4 Å². The third-order valence-electron chi connectivity index (χ3n) is 15.2. The third-order valence-corrected chi connectivity index (χ3v) is 15.5. The predicted molar refractivity (Wildman–Crippen MR) is 253 cm³/mol. The number of hydrogen-bond acceptors (Lipinski definition) is 11. The zero-order chi connectivity index (χ0) is 47.8. The number of anilines is 3. The number of likely N-dealkylation sites (tertiary alicyclic amines) is 1. The van der Waals surface area contributed by atoms with Crippen LogP contribution in [0.3, 0.4) is 0 Å². The molecule has 3 aromatic heterocycles. The Hall–Kier alpha value is -6.12. The van der Waals surface area contributed by atoms with Crippen molar-refractivity contribution in [3.05, 3.63) is 93.7 Å². The van der Waals surface area contributed by atoms with Gasteiger partial charge < -0.3 is 24.8 Å². The number of piperidine rings is 1. The summed E-state index contributed by atoms with van der Waals surface area (Å²) in [5.74, 6) is 1.70. The molecule has 1 N–H and O–H groups in total. The van der Waals surface area contributed by atoms with Gasteiger partial charge in [-0.15, -0.1) is 0 Å². The van der Waals surface area contributed by atoms with Crippen LogP contribution in [0.1, 0.15) is 105 Å². The molecule has 15 nitrogen and oxygen atoms in total. The first kappa shape index (κ1) is 45.7. The van der Waals surface area contributed by atoms with Gasteiger partial charge in [-0.25, -0.2) is 18.7 Å². The highest BCUT2D eigenvalue weighted by molar-refractivity contribution is 6.31. The van der Waals surface area contributed by atoms with Gasteiger partial charge in [-0.05, 0) is 61.1 Å². The number of benzene rings is 2. The zero-order valence-corrected chi connectivity index (χ0v) is 40.1. The van der Waals surface area contributed by atoms with Crippen molar-refractivity contribution < 1.29 is 23.1 Å². The van der Waals surface area contributed by atoms with Gasteiger partial charge in [0.15, 0.2) is 5.82 Å². The summed E-state index contributed by atoms with van der Waals surface area (Å²) in [6.45, 7) is 14.9. The van der Waals surface area contributed by atoms with Crippen molar-refractivity contribution in [3.63, 3.8) is 0 Å². The number of amides is 2. The largest absolute Gasteiger partial charge is 0.489 e. The number of aromatic nitrogens is 6. The lowest BCUT2D eigenvalue weighted by atomic mass is 9.49. The molecule has 2 saturated heterocycles. The van der Waals surface area contributed by atoms with Crippen LogP contribution in [-0.2, 0) is 31.2 Å². The second-order valence-corrected chi connectivity index (χ2v) is 20.7. The van der Waals surface area contributed by atoms with Crippen LogP contribution in [-0.4, -0.2) is 109 Å². The monoisotopic (exact) mass is 946 g/mol. The standard InChI is InChI=1S/C50H57ClF2N12O3/c1-29(66)62-17-13-41-39(28-62)44(64-14-7-8-30-18-37(33-24-57-60(6)25-33)38(43(52)53)20-42(30)64)59-65(41)34-11-15-61(16-12-34)35-26-63(27-35)48-55-22-32(23-56-48)45(67)58-46-49(2,3)47(50(46,4)5)68-36-10-9-31(21-54)40(51)19-36/h9-10,18-20,22-25,34-35,43,46-47H,7-8,11-17,26-28H2,1-6H3,(H,58,67). The molecular formula is C50H57ClF2N12O3. The molecule has 0 spiro atoms. The lowest BCUT2D eigenvalue weighted by Gasteiger charge is -2.63. The number of nitrogens with zero attached hydrogens (tertiary/aromatic N) is 11. The van der Waals surface area contributed by atoms with E-state index in [0.29, 0.717) is 71.1 Å². The van der Waals surface area contributed by atoms with E-state index in [1.54, 1.807) is 67.7 Å². The number of carbonyl (C=O) groups excluding carboxylic acids is 2. The Morgan fingerprint density at radius 2 is 1.71 bits per heavy atom. The number of carbonyl (C=O) groups is 2. The van der Waals surface area contributed by atoms with Crippen LogP contribution in [0.4, 0.5) is 26.2 Å². The van der Waals surface area contributed by atoms with Gasteiger partial charge in [0.1, 0.15) is 17.9 Å². The van der Waals surface area contributed by atoms with Crippen LogP contribution in [0.15, 0.2) is 55.1 Å². The highest BCUT2D eigenvalue weighted by Gasteiger charge is 2.64. The number of hydrogen-bond donors (Lipinski definition) is 1. The Morgan fingerprint density at radius 1 is 0.971 bits per heavy atom. The quantitative estimate of drug-likeness (QED) is 0.147. The SMILES string of the molecule is CC(=O)N1CCc2c(c(N3CCCc4cc(-c5cnn(C)c5)c(C(F)F)cc43)nn2C2CCN(C3CN(c4ncc(C(=O)NC5C(C)(C)C(Oc6ccc(C#N)c(Cl)c6)C5(C)C)cn4)C3)CC2)C1. The maximum absolute atomic E-state index is 14.8. The fourth-order valence-electron chi connectivity index (χ4n) is 11.8. The molecule has 1 saturated carbocycles. The van der Waals surface area contributed by atoms with Crippen LogP contribution in [0.25, 0.3) is 11.1 Å². The average Bonchev–Trinajstić information content (AvgIpc) is 3.92. The van der Waals surface area contributed by atoms with Gasteiger partial charge in [0.25, 0.3) is 12.3 Å². The van der Waals surface area contributed by atoms with Crippen LogP contribution in [0.5, 0.6) is 5.75 Å². The molecule has 18 heteroatoms. The summed E-state index contributed by atoms with van der Waals surface area (Å²) < 4.78 is 39.7. The highest BCUT2D eigenvalue weighted by atomic mass is 35.5. The minimum atomic E-state index is -2.67. The van der Waals surface area contributed by atoms with E-state index < -0.39 is 17.3 Å². The molecule has 0 unspecified atom stereocenters. The van der Waals surface area contributed by atoms with E-state index in [0.717, 1.165) is 80.2 Å². The summed E-state index contributed by atoms with van der Waals surface area (Å²) in [5, 5.41) is 22.4. The van der Waals surface area contributed by atoms with Gasteiger partial charge in [-0.3, -0.25) is 23.9 Å². The van der Waals surface area contributed by atoms with Crippen LogP contribution < -0.4 is 19.9 Å². The Bertz CT molecular complexity index is 2790. The first-order valence-electron chi connectivity index (χ1n) is 23.6. The summed E-state index contributed by atoms with van der Waals surface area (Å²) in [6, 6.07) is 11.0. The smallest absolute Gasteiger partial charge is 0.264 e. The number of fused-ring (bicyclic) bond motifs is 2. The predicted octanol–water partition coefficient (Wildman–Crippen LogP) is 7.66. The molecule has 0 atom stereocenters. The van der Waals surface area contributed by atoms with E-state index in [9.17, 15) is 23.6 Å². The van der Waals surface area contributed by atoms with Crippen LogP contribution >= 0.6 is 11.6 Å². The van der Waals surface area contributed by atoms with E-state index in [1.807, 2.05) is 11.0 Å². The maximum atomic E-state index is 14.8. The number of ether oxygens (including phenoxy) is 1. The minimum absolute atomic E-state index is 0.0102. The van der Waals surface area contributed by atoms with E-state index in [1.165, 1.54) is 0 Å². The molecule has 1 aliphatic carbocycles. The maximum Gasteiger partial charge on any atom is 0.264 e. The van der Waals surface area contributed by atoms with Gasteiger partial charge in [-0.1, -0.05) is 39.3 Å². The Labute approximate surface area is 400 Å². The Morgan fingerprint density at radius 3 is 2.35 bits per heavy atom. The number of rotatable bonds is 10. The molecule has 5 aliphatic rings. The van der Waals surface area contributed by atoms with Gasteiger partial charge in [0, 0.05) is 135 Å². The fraction of sp³-hybridized carbons (Fsp3) is 0.500. The first-order chi connectivity index (χ1) is 32.5. The number of nitrogens with one attached hydrogen (secondary N) is 1. The fourth-order valence-corrected chi connectivity index (χ4v) is 12.0. The summed E-state index contributed by atoms with van der Waals surface area (Å²) >= 11 is 6.27. The summed E-state index contributed by atoms with van der Waals surface area (Å²) in [6.07, 6.45) is 7.83. The van der Waals surface area contributed by atoms with Crippen molar-refractivity contribution in [2.45, 2.75) is 104 Å². The van der Waals surface area contributed by atoms with Crippen molar-refractivity contribution in [1.29, 1.82) is 5.26 Å². The molecule has 2 aromatic carbocycles. The van der Waals surface area contributed by atoms with Crippen molar-refractivity contribution >= 4 is 40.9 Å². The Kier molecular flexibility index (Phi) is 11.7. The number of nitriles is 1. The Balaban J connectivity index is 0.776. The normalized spacial score (nSPS) is 21.4. The summed E-state index contributed by atoms with van der Waals surface area (Å²) in [4.78, 5) is 44.1. The highest BCUT2D eigenvalue weighted by Crippen LogP contribution is 2.56. The van der Waals surface area contributed by atoms with Crippen molar-refractivity contribution in [2.75, 3.05) is 49.1 Å². The second kappa shape index (κ2) is 17.4. The van der Waals surface area contributed by atoms with Gasteiger partial charge in [0.2, 0.25) is 11.9 Å². The lowest BCUT2D eigenvalue weighted by Crippen LogP contribution is -2.74. The molecular weight excluding hydrogens is 890 g/mol. The molecule has 68 heavy (non-hydrogen) atoms. The molecule has 2 amide bonds. The topological polar surface area (TPSA) is 154 Å². The molecule has 7 heterocycles. The molecule has 5 aromatic rings. The number of aryl methyl sites for hydroxylation is 2.